The molecule has 0 unspecified atom stereocenters. The summed E-state index contributed by atoms with van der Waals surface area (Å²) < 4.78 is 11.1. The largest absolute Gasteiger partial charge is 0.486 e. The number of hydrogen-bond donors (Lipinski definition) is 1. The smallest absolute Gasteiger partial charge is 0.257 e. The van der Waals surface area contributed by atoms with Gasteiger partial charge in [0.05, 0.1) is 17.4 Å². The molecule has 2 heterocycles. The van der Waals surface area contributed by atoms with Crippen LogP contribution in [-0.2, 0) is 6.54 Å². The number of carbonyl (C=O) groups is 1. The monoisotopic (exact) mass is 375 g/mol. The molecule has 0 fully saturated rings. The van der Waals surface area contributed by atoms with Gasteiger partial charge in [-0.15, -0.1) is 0 Å². The van der Waals surface area contributed by atoms with E-state index in [1.54, 1.807) is 30.6 Å². The molecule has 6 nitrogen and oxygen atoms in total. The van der Waals surface area contributed by atoms with Gasteiger partial charge in [0.2, 0.25) is 0 Å². The maximum Gasteiger partial charge on any atom is 0.257 e. The lowest BCUT2D eigenvalue weighted by Crippen LogP contribution is -2.19. The van der Waals surface area contributed by atoms with Gasteiger partial charge >= 0.3 is 0 Å². The van der Waals surface area contributed by atoms with Crippen LogP contribution < -0.4 is 19.7 Å². The van der Waals surface area contributed by atoms with Crippen molar-refractivity contribution in [2.75, 3.05) is 30.5 Å². The van der Waals surface area contributed by atoms with Crippen LogP contribution in [0.2, 0.25) is 0 Å². The summed E-state index contributed by atoms with van der Waals surface area (Å²) in [4.78, 5) is 19.0. The number of hydrogen-bond acceptors (Lipinski definition) is 5. The highest BCUT2D eigenvalue weighted by molar-refractivity contribution is 6.04. The van der Waals surface area contributed by atoms with Gasteiger partial charge in [0.15, 0.2) is 11.5 Å². The summed E-state index contributed by atoms with van der Waals surface area (Å²) >= 11 is 0. The number of rotatable bonds is 5. The molecule has 2 aromatic carbocycles. The number of benzene rings is 2. The Balaban J connectivity index is 1.47. The standard InChI is InChI=1S/C22H21N3O3/c1-25(15-16-5-3-2-4-6-16)19-11-17(13-23-14-19)22(26)24-18-7-8-20-21(12-18)28-10-9-27-20/h2-8,11-14H,9-10,15H2,1H3,(H,24,26). The fraction of sp³-hybridized carbons (Fsp3) is 0.182. The van der Waals surface area contributed by atoms with Gasteiger partial charge in [-0.25, -0.2) is 0 Å². The van der Waals surface area contributed by atoms with Crippen molar-refractivity contribution in [3.63, 3.8) is 0 Å². The van der Waals surface area contributed by atoms with Crippen molar-refractivity contribution in [1.29, 1.82) is 0 Å². The van der Waals surface area contributed by atoms with Crippen LogP contribution in [0.1, 0.15) is 15.9 Å². The summed E-state index contributed by atoms with van der Waals surface area (Å²) in [7, 11) is 1.98. The summed E-state index contributed by atoms with van der Waals surface area (Å²) in [5.74, 6) is 1.10. The molecule has 0 spiro atoms. The van der Waals surface area contributed by atoms with Crippen molar-refractivity contribution in [2.45, 2.75) is 6.54 Å². The summed E-state index contributed by atoms with van der Waals surface area (Å²) in [6.07, 6.45) is 3.32. The molecule has 3 aromatic rings. The van der Waals surface area contributed by atoms with Crippen molar-refractivity contribution >= 4 is 17.3 Å². The predicted octanol–water partition coefficient (Wildman–Crippen LogP) is 3.74. The van der Waals surface area contributed by atoms with Crippen LogP contribution in [0, 0.1) is 0 Å². The summed E-state index contributed by atoms with van der Waals surface area (Å²) in [5.41, 5.74) is 3.21. The minimum atomic E-state index is -0.223. The average Bonchev–Trinajstić information content (AvgIpc) is 2.74. The van der Waals surface area contributed by atoms with Crippen molar-refractivity contribution in [3.8, 4) is 11.5 Å². The van der Waals surface area contributed by atoms with Gasteiger partial charge < -0.3 is 19.7 Å². The second-order valence-corrected chi connectivity index (χ2v) is 6.59. The van der Waals surface area contributed by atoms with Gasteiger partial charge in [-0.3, -0.25) is 9.78 Å². The number of nitrogens with one attached hydrogen (secondary N) is 1. The lowest BCUT2D eigenvalue weighted by Gasteiger charge is -2.20. The van der Waals surface area contributed by atoms with E-state index in [4.69, 9.17) is 9.47 Å². The molecule has 0 bridgehead atoms. The van der Waals surface area contributed by atoms with Gasteiger partial charge in [-0.1, -0.05) is 30.3 Å². The zero-order valence-electron chi connectivity index (χ0n) is 15.6. The van der Waals surface area contributed by atoms with E-state index in [1.165, 1.54) is 5.56 Å². The number of ether oxygens (including phenoxy) is 2. The number of fused-ring (bicyclic) bond motifs is 1. The highest BCUT2D eigenvalue weighted by Gasteiger charge is 2.14. The molecular weight excluding hydrogens is 354 g/mol. The Labute approximate surface area is 163 Å². The first kappa shape index (κ1) is 17.9. The Kier molecular flexibility index (Phi) is 5.10. The number of amides is 1. The van der Waals surface area contributed by atoms with E-state index in [9.17, 15) is 4.79 Å². The van der Waals surface area contributed by atoms with Crippen molar-refractivity contribution in [1.82, 2.24) is 4.98 Å². The topological polar surface area (TPSA) is 63.7 Å². The summed E-state index contributed by atoms with van der Waals surface area (Å²) in [6.45, 7) is 1.77. The first-order chi connectivity index (χ1) is 13.7. The number of carbonyl (C=O) groups excluding carboxylic acids is 1. The van der Waals surface area contributed by atoms with E-state index < -0.39 is 0 Å². The van der Waals surface area contributed by atoms with Gasteiger partial charge in [-0.05, 0) is 23.8 Å². The molecular formula is C22H21N3O3. The molecule has 0 saturated carbocycles. The van der Waals surface area contributed by atoms with Crippen LogP contribution in [0.3, 0.4) is 0 Å². The van der Waals surface area contributed by atoms with Crippen LogP contribution in [-0.4, -0.2) is 31.2 Å². The van der Waals surface area contributed by atoms with Crippen LogP contribution in [0.25, 0.3) is 0 Å². The minimum absolute atomic E-state index is 0.223. The Hall–Kier alpha value is -3.54. The van der Waals surface area contributed by atoms with Crippen LogP contribution >= 0.6 is 0 Å². The van der Waals surface area contributed by atoms with Gasteiger partial charge in [0, 0.05) is 31.5 Å². The van der Waals surface area contributed by atoms with Crippen molar-refractivity contribution < 1.29 is 14.3 Å². The molecule has 142 valence electrons. The lowest BCUT2D eigenvalue weighted by atomic mass is 10.2. The molecule has 0 aliphatic carbocycles. The fourth-order valence-corrected chi connectivity index (χ4v) is 3.03. The first-order valence-corrected chi connectivity index (χ1v) is 9.10. The third-order valence-corrected chi connectivity index (χ3v) is 4.49. The second-order valence-electron chi connectivity index (χ2n) is 6.59. The van der Waals surface area contributed by atoms with E-state index in [2.05, 4.69) is 27.3 Å². The Bertz CT molecular complexity index is 976. The number of pyridine rings is 1. The molecule has 1 aromatic heterocycles. The maximum atomic E-state index is 12.7. The van der Waals surface area contributed by atoms with Gasteiger partial charge in [0.25, 0.3) is 5.91 Å². The highest BCUT2D eigenvalue weighted by Crippen LogP contribution is 2.32. The maximum absolute atomic E-state index is 12.7. The number of aromatic nitrogens is 1. The highest BCUT2D eigenvalue weighted by atomic mass is 16.6. The summed E-state index contributed by atoms with van der Waals surface area (Å²) in [5, 5.41) is 2.89. The van der Waals surface area contributed by atoms with Crippen LogP contribution in [0.15, 0.2) is 67.0 Å². The molecule has 6 heteroatoms. The second kappa shape index (κ2) is 8.00. The zero-order valence-corrected chi connectivity index (χ0v) is 15.6. The normalized spacial score (nSPS) is 12.3. The third kappa shape index (κ3) is 4.06. The Morgan fingerprint density at radius 3 is 2.64 bits per heavy atom. The van der Waals surface area contributed by atoms with Crippen LogP contribution in [0.5, 0.6) is 11.5 Å². The van der Waals surface area contributed by atoms with E-state index in [0.29, 0.717) is 36.0 Å². The molecule has 4 rings (SSSR count). The Morgan fingerprint density at radius 1 is 1.04 bits per heavy atom. The molecule has 1 aliphatic rings. The average molecular weight is 375 g/mol. The Morgan fingerprint density at radius 2 is 1.82 bits per heavy atom. The minimum Gasteiger partial charge on any atom is -0.486 e. The van der Waals surface area contributed by atoms with Crippen molar-refractivity contribution in [3.05, 3.63) is 78.1 Å². The van der Waals surface area contributed by atoms with Crippen LogP contribution in [0.4, 0.5) is 11.4 Å². The molecule has 0 radical (unpaired) electrons. The molecule has 0 saturated heterocycles. The first-order valence-electron chi connectivity index (χ1n) is 9.10. The molecule has 1 amide bonds. The lowest BCUT2D eigenvalue weighted by molar-refractivity contribution is 0.102. The molecule has 28 heavy (non-hydrogen) atoms. The number of anilines is 2. The van der Waals surface area contributed by atoms with E-state index >= 15 is 0 Å². The fourth-order valence-electron chi connectivity index (χ4n) is 3.03. The SMILES string of the molecule is CN(Cc1ccccc1)c1cncc(C(=O)Nc2ccc3c(c2)OCCO3)c1. The zero-order chi connectivity index (χ0) is 19.3. The van der Waals surface area contributed by atoms with E-state index in [1.807, 2.05) is 31.3 Å². The van der Waals surface area contributed by atoms with Gasteiger partial charge in [-0.2, -0.15) is 0 Å². The quantitative estimate of drug-likeness (QED) is 0.736. The summed E-state index contributed by atoms with van der Waals surface area (Å²) in [6, 6.07) is 17.4. The molecule has 1 aliphatic heterocycles. The third-order valence-electron chi connectivity index (χ3n) is 4.49. The van der Waals surface area contributed by atoms with E-state index in [0.717, 1.165) is 12.2 Å². The van der Waals surface area contributed by atoms with Crippen molar-refractivity contribution in [2.24, 2.45) is 0 Å². The van der Waals surface area contributed by atoms with E-state index in [-0.39, 0.29) is 5.91 Å². The van der Waals surface area contributed by atoms with Gasteiger partial charge in [0.1, 0.15) is 13.2 Å². The number of nitrogens with zero attached hydrogens (tertiary/aromatic N) is 2. The molecule has 0 atom stereocenters. The molecule has 1 N–H and O–H groups in total. The predicted molar refractivity (Wildman–Crippen MR) is 108 cm³/mol.